The van der Waals surface area contributed by atoms with Crippen molar-refractivity contribution >= 4 is 0 Å². The van der Waals surface area contributed by atoms with Gasteiger partial charge in [0.15, 0.2) is 0 Å². The average molecular weight is 178 g/mol. The lowest BCUT2D eigenvalue weighted by atomic mass is 10.1. The van der Waals surface area contributed by atoms with Gasteiger partial charge in [0.05, 0.1) is 0 Å². The summed E-state index contributed by atoms with van der Waals surface area (Å²) in [6, 6.07) is 0. The quantitative estimate of drug-likeness (QED) is 0.695. The van der Waals surface area contributed by atoms with Gasteiger partial charge in [-0.25, -0.2) is 4.98 Å². The van der Waals surface area contributed by atoms with Crippen molar-refractivity contribution < 1.29 is 0 Å². The third kappa shape index (κ3) is 1.77. The monoisotopic (exact) mass is 178 g/mol. The Labute approximate surface area is 80.0 Å². The second-order valence-electron chi connectivity index (χ2n) is 3.88. The lowest BCUT2D eigenvalue weighted by Gasteiger charge is -2.16. The first-order valence-corrected chi connectivity index (χ1v) is 5.45. The van der Waals surface area contributed by atoms with Gasteiger partial charge in [-0.3, -0.25) is 0 Å². The zero-order valence-corrected chi connectivity index (χ0v) is 8.42. The van der Waals surface area contributed by atoms with Gasteiger partial charge < -0.3 is 4.57 Å². The molecule has 2 rings (SSSR count). The number of fused-ring (bicyclic) bond motifs is 1. The molecule has 1 aliphatic heterocycles. The van der Waals surface area contributed by atoms with Crippen molar-refractivity contribution in [1.29, 1.82) is 0 Å². The van der Waals surface area contributed by atoms with Crippen LogP contribution >= 0.6 is 0 Å². The smallest absolute Gasteiger partial charge is 0.108 e. The van der Waals surface area contributed by atoms with E-state index in [1.807, 2.05) is 0 Å². The van der Waals surface area contributed by atoms with Gasteiger partial charge in [0, 0.05) is 24.9 Å². The van der Waals surface area contributed by atoms with Gasteiger partial charge >= 0.3 is 0 Å². The zero-order chi connectivity index (χ0) is 9.10. The molecule has 2 nitrogen and oxygen atoms in total. The number of aryl methyl sites for hydroxylation is 2. The summed E-state index contributed by atoms with van der Waals surface area (Å²) in [5.41, 5.74) is 1.46. The molecule has 72 valence electrons. The molecular formula is C11H18N2. The first-order chi connectivity index (χ1) is 6.42. The van der Waals surface area contributed by atoms with Crippen molar-refractivity contribution in [3.63, 3.8) is 0 Å². The maximum Gasteiger partial charge on any atom is 0.108 e. The number of imidazole rings is 1. The molecule has 0 saturated carbocycles. The molecule has 1 aliphatic rings. The van der Waals surface area contributed by atoms with Crippen LogP contribution in [0.5, 0.6) is 0 Å². The molecule has 0 unspecified atom stereocenters. The molecule has 0 fully saturated rings. The van der Waals surface area contributed by atoms with Gasteiger partial charge in [-0.05, 0) is 25.7 Å². The molecule has 0 aliphatic carbocycles. The van der Waals surface area contributed by atoms with Crippen LogP contribution in [0.25, 0.3) is 0 Å². The van der Waals surface area contributed by atoms with E-state index in [9.17, 15) is 0 Å². The molecule has 0 radical (unpaired) electrons. The molecule has 2 heteroatoms. The highest BCUT2D eigenvalue weighted by molar-refractivity contribution is 5.07. The first-order valence-electron chi connectivity index (χ1n) is 5.45. The molecule has 0 bridgehead atoms. The van der Waals surface area contributed by atoms with Crippen molar-refractivity contribution in [1.82, 2.24) is 9.55 Å². The lowest BCUT2D eigenvalue weighted by molar-refractivity contribution is 0.505. The minimum absolute atomic E-state index is 1.19. The first kappa shape index (κ1) is 8.79. The Bertz CT molecular complexity index is 276. The van der Waals surface area contributed by atoms with Gasteiger partial charge in [-0.15, -0.1) is 0 Å². The van der Waals surface area contributed by atoms with Crippen LogP contribution in [-0.2, 0) is 19.4 Å². The summed E-state index contributed by atoms with van der Waals surface area (Å²) >= 11 is 0. The Balaban J connectivity index is 2.12. The Morgan fingerprint density at radius 3 is 3.23 bits per heavy atom. The summed E-state index contributed by atoms with van der Waals surface area (Å²) in [5, 5.41) is 0. The summed E-state index contributed by atoms with van der Waals surface area (Å²) in [7, 11) is 0. The number of hydrogen-bond acceptors (Lipinski definition) is 1. The fourth-order valence-corrected chi connectivity index (χ4v) is 2.04. The van der Waals surface area contributed by atoms with Crippen LogP contribution in [0.4, 0.5) is 0 Å². The predicted octanol–water partition coefficient (Wildman–Crippen LogP) is 2.56. The fourth-order valence-electron chi connectivity index (χ4n) is 2.04. The third-order valence-electron chi connectivity index (χ3n) is 2.84. The van der Waals surface area contributed by atoms with Crippen molar-refractivity contribution in [3.05, 3.63) is 17.7 Å². The molecule has 1 aromatic heterocycles. The van der Waals surface area contributed by atoms with Crippen LogP contribution < -0.4 is 0 Å². The van der Waals surface area contributed by atoms with E-state index in [0.717, 1.165) is 0 Å². The third-order valence-corrected chi connectivity index (χ3v) is 2.84. The molecule has 0 aromatic carbocycles. The Morgan fingerprint density at radius 2 is 2.38 bits per heavy atom. The van der Waals surface area contributed by atoms with E-state index in [1.54, 1.807) is 0 Å². The second-order valence-corrected chi connectivity index (χ2v) is 3.88. The Hall–Kier alpha value is -0.790. The van der Waals surface area contributed by atoms with Crippen LogP contribution in [0.15, 0.2) is 6.20 Å². The minimum atomic E-state index is 1.19. The van der Waals surface area contributed by atoms with Gasteiger partial charge in [-0.2, -0.15) is 0 Å². The highest BCUT2D eigenvalue weighted by Crippen LogP contribution is 2.17. The van der Waals surface area contributed by atoms with Crippen molar-refractivity contribution in [2.75, 3.05) is 0 Å². The van der Waals surface area contributed by atoms with Gasteiger partial charge in [0.25, 0.3) is 0 Å². The molecule has 0 N–H and O–H groups in total. The number of rotatable bonds is 3. The normalized spacial score (nSPS) is 15.8. The van der Waals surface area contributed by atoms with E-state index >= 15 is 0 Å². The van der Waals surface area contributed by atoms with Gasteiger partial charge in [-0.1, -0.05) is 13.3 Å². The number of aromatic nitrogens is 2. The highest BCUT2D eigenvalue weighted by atomic mass is 15.1. The molecule has 0 spiro atoms. The summed E-state index contributed by atoms with van der Waals surface area (Å²) in [5.74, 6) is 1.32. The topological polar surface area (TPSA) is 17.8 Å². The molecule has 0 atom stereocenters. The fraction of sp³-hybridized carbons (Fsp3) is 0.727. The summed E-state index contributed by atoms with van der Waals surface area (Å²) in [6.45, 7) is 3.45. The Morgan fingerprint density at radius 1 is 1.46 bits per heavy atom. The van der Waals surface area contributed by atoms with E-state index in [4.69, 9.17) is 0 Å². The zero-order valence-electron chi connectivity index (χ0n) is 8.42. The van der Waals surface area contributed by atoms with E-state index in [2.05, 4.69) is 22.7 Å². The molecule has 2 heterocycles. The van der Waals surface area contributed by atoms with Gasteiger partial charge in [0.2, 0.25) is 0 Å². The highest BCUT2D eigenvalue weighted by Gasteiger charge is 2.12. The molecule has 13 heavy (non-hydrogen) atoms. The van der Waals surface area contributed by atoms with Gasteiger partial charge in [0.1, 0.15) is 5.82 Å². The summed E-state index contributed by atoms with van der Waals surface area (Å²) < 4.78 is 2.43. The second kappa shape index (κ2) is 3.95. The van der Waals surface area contributed by atoms with Crippen LogP contribution in [0.1, 0.15) is 44.1 Å². The maximum atomic E-state index is 4.47. The maximum absolute atomic E-state index is 4.47. The minimum Gasteiger partial charge on any atom is -0.332 e. The van der Waals surface area contributed by atoms with E-state index in [0.29, 0.717) is 0 Å². The molecule has 0 amide bonds. The van der Waals surface area contributed by atoms with E-state index in [1.165, 1.54) is 56.6 Å². The molecule has 1 aromatic rings. The van der Waals surface area contributed by atoms with Crippen molar-refractivity contribution in [3.8, 4) is 0 Å². The number of nitrogens with zero attached hydrogens (tertiary/aromatic N) is 2. The predicted molar refractivity (Wildman–Crippen MR) is 53.8 cm³/mol. The molecule has 0 saturated heterocycles. The SMILES string of the molecule is CCCCc1cnc2n1CCCC2. The Kier molecular flexibility index (Phi) is 2.67. The standard InChI is InChI=1S/C11H18N2/c1-2-3-6-10-9-12-11-7-4-5-8-13(10)11/h9H,2-8H2,1H3. The van der Waals surface area contributed by atoms with E-state index in [-0.39, 0.29) is 0 Å². The van der Waals surface area contributed by atoms with Crippen LogP contribution in [-0.4, -0.2) is 9.55 Å². The van der Waals surface area contributed by atoms with Crippen molar-refractivity contribution in [2.24, 2.45) is 0 Å². The molecular weight excluding hydrogens is 160 g/mol. The number of hydrogen-bond donors (Lipinski definition) is 0. The largest absolute Gasteiger partial charge is 0.332 e. The number of unbranched alkanes of at least 4 members (excludes halogenated alkanes) is 1. The lowest BCUT2D eigenvalue weighted by Crippen LogP contribution is -2.12. The summed E-state index contributed by atoms with van der Waals surface area (Å²) in [6.07, 6.45) is 9.71. The van der Waals surface area contributed by atoms with Crippen LogP contribution in [0, 0.1) is 0 Å². The summed E-state index contributed by atoms with van der Waals surface area (Å²) in [4.78, 5) is 4.47. The van der Waals surface area contributed by atoms with Crippen LogP contribution in [0.3, 0.4) is 0 Å². The van der Waals surface area contributed by atoms with Crippen LogP contribution in [0.2, 0.25) is 0 Å². The van der Waals surface area contributed by atoms with E-state index < -0.39 is 0 Å². The van der Waals surface area contributed by atoms with Crippen molar-refractivity contribution in [2.45, 2.75) is 52.0 Å². The average Bonchev–Trinajstić information content (AvgIpc) is 2.58.